The van der Waals surface area contributed by atoms with E-state index in [1.807, 2.05) is 30.3 Å². The summed E-state index contributed by atoms with van der Waals surface area (Å²) >= 11 is 0. The van der Waals surface area contributed by atoms with Crippen LogP contribution >= 0.6 is 0 Å². The predicted octanol–water partition coefficient (Wildman–Crippen LogP) is 3.77. The maximum absolute atomic E-state index is 13.4. The van der Waals surface area contributed by atoms with Gasteiger partial charge in [-0.2, -0.15) is 5.10 Å². The Bertz CT molecular complexity index is 748. The predicted molar refractivity (Wildman–Crippen MR) is 78.6 cm³/mol. The number of hydrogen-bond acceptors (Lipinski definition) is 2. The number of aromatic nitrogens is 2. The maximum Gasteiger partial charge on any atom is 0.153 e. The van der Waals surface area contributed by atoms with Crippen molar-refractivity contribution in [2.45, 2.75) is 6.92 Å². The van der Waals surface area contributed by atoms with Crippen LogP contribution in [-0.2, 0) is 0 Å². The molecule has 0 spiro atoms. The van der Waals surface area contributed by atoms with Gasteiger partial charge in [0.2, 0.25) is 0 Å². The number of rotatable bonds is 2. The highest BCUT2D eigenvalue weighted by Crippen LogP contribution is 2.34. The Hall–Kier alpha value is -2.62. The first-order valence-electron chi connectivity index (χ1n) is 6.32. The quantitative estimate of drug-likeness (QED) is 0.742. The molecule has 0 saturated carbocycles. The third-order valence-corrected chi connectivity index (χ3v) is 3.30. The van der Waals surface area contributed by atoms with Crippen molar-refractivity contribution in [2.24, 2.45) is 0 Å². The summed E-state index contributed by atoms with van der Waals surface area (Å²) in [6.45, 7) is 1.74. The van der Waals surface area contributed by atoms with E-state index in [1.165, 1.54) is 6.07 Å². The smallest absolute Gasteiger partial charge is 0.153 e. The molecule has 0 amide bonds. The summed E-state index contributed by atoms with van der Waals surface area (Å²) in [5.41, 5.74) is 10.1. The molecule has 100 valence electrons. The summed E-state index contributed by atoms with van der Waals surface area (Å²) < 4.78 is 13.4. The molecule has 1 heterocycles. The van der Waals surface area contributed by atoms with Crippen molar-refractivity contribution in [1.29, 1.82) is 0 Å². The zero-order valence-electron chi connectivity index (χ0n) is 11.0. The molecule has 3 rings (SSSR count). The average Bonchev–Trinajstić information content (AvgIpc) is 2.85. The number of nitrogens with zero attached hydrogens (tertiary/aromatic N) is 1. The largest absolute Gasteiger partial charge is 0.382 e. The molecule has 0 saturated heterocycles. The van der Waals surface area contributed by atoms with Crippen LogP contribution in [0.5, 0.6) is 0 Å². The molecule has 0 aliphatic rings. The molecule has 3 aromatic rings. The summed E-state index contributed by atoms with van der Waals surface area (Å²) in [5, 5.41) is 7.02. The number of nitrogens with one attached hydrogen (secondary N) is 1. The number of benzene rings is 2. The molecular formula is C16H14FN3. The molecule has 0 unspecified atom stereocenters. The van der Waals surface area contributed by atoms with Crippen molar-refractivity contribution in [3.63, 3.8) is 0 Å². The molecule has 3 N–H and O–H groups in total. The Kier molecular flexibility index (Phi) is 2.99. The van der Waals surface area contributed by atoms with Crippen LogP contribution in [0.25, 0.3) is 22.4 Å². The molecule has 4 heteroatoms. The lowest BCUT2D eigenvalue weighted by molar-refractivity contribution is 0.619. The molecule has 0 fully saturated rings. The minimum absolute atomic E-state index is 0.220. The summed E-state index contributed by atoms with van der Waals surface area (Å²) in [6, 6.07) is 14.7. The first-order chi connectivity index (χ1) is 9.66. The molecule has 0 bridgehead atoms. The van der Waals surface area contributed by atoms with Gasteiger partial charge in [0, 0.05) is 5.56 Å². The van der Waals surface area contributed by atoms with Crippen LogP contribution in [0, 0.1) is 12.7 Å². The first-order valence-corrected chi connectivity index (χ1v) is 6.32. The summed E-state index contributed by atoms with van der Waals surface area (Å²) in [6.07, 6.45) is 0. The molecule has 3 nitrogen and oxygen atoms in total. The highest BCUT2D eigenvalue weighted by atomic mass is 19.1. The van der Waals surface area contributed by atoms with Crippen molar-refractivity contribution in [3.8, 4) is 22.4 Å². The van der Waals surface area contributed by atoms with E-state index in [2.05, 4.69) is 10.2 Å². The van der Waals surface area contributed by atoms with Crippen LogP contribution in [0.1, 0.15) is 5.56 Å². The van der Waals surface area contributed by atoms with Gasteiger partial charge in [-0.15, -0.1) is 0 Å². The van der Waals surface area contributed by atoms with E-state index in [1.54, 1.807) is 19.1 Å². The van der Waals surface area contributed by atoms with Gasteiger partial charge in [0.15, 0.2) is 5.82 Å². The van der Waals surface area contributed by atoms with Gasteiger partial charge < -0.3 is 5.73 Å². The van der Waals surface area contributed by atoms with Crippen molar-refractivity contribution >= 4 is 5.82 Å². The van der Waals surface area contributed by atoms with Crippen molar-refractivity contribution in [1.82, 2.24) is 10.2 Å². The van der Waals surface area contributed by atoms with Crippen LogP contribution in [-0.4, -0.2) is 10.2 Å². The Morgan fingerprint density at radius 2 is 1.80 bits per heavy atom. The molecule has 2 aromatic carbocycles. The Morgan fingerprint density at radius 3 is 2.50 bits per heavy atom. The molecule has 1 aromatic heterocycles. The van der Waals surface area contributed by atoms with Gasteiger partial charge in [-0.1, -0.05) is 30.3 Å². The lowest BCUT2D eigenvalue weighted by Gasteiger charge is -2.06. The Morgan fingerprint density at radius 1 is 1.05 bits per heavy atom. The third kappa shape index (κ3) is 2.05. The van der Waals surface area contributed by atoms with E-state index in [0.29, 0.717) is 11.4 Å². The van der Waals surface area contributed by atoms with Crippen LogP contribution < -0.4 is 5.73 Å². The van der Waals surface area contributed by atoms with Crippen molar-refractivity contribution in [2.75, 3.05) is 5.73 Å². The standard InChI is InChI=1S/C16H14FN3/c1-10-9-12(7-8-13(10)17)15-14(16(18)20-19-15)11-5-3-2-4-6-11/h2-9H,1H3,(H3,18,19,20). The first kappa shape index (κ1) is 12.4. The fourth-order valence-corrected chi connectivity index (χ4v) is 2.26. The Balaban J connectivity index is 2.18. The monoisotopic (exact) mass is 267 g/mol. The second kappa shape index (κ2) is 4.81. The molecule has 0 radical (unpaired) electrons. The fraction of sp³-hybridized carbons (Fsp3) is 0.0625. The number of anilines is 1. The lowest BCUT2D eigenvalue weighted by atomic mass is 10.00. The average molecular weight is 267 g/mol. The number of hydrogen-bond donors (Lipinski definition) is 2. The van der Waals surface area contributed by atoms with Crippen molar-refractivity contribution < 1.29 is 4.39 Å². The van der Waals surface area contributed by atoms with Gasteiger partial charge >= 0.3 is 0 Å². The lowest BCUT2D eigenvalue weighted by Crippen LogP contribution is -1.89. The number of aromatic amines is 1. The van der Waals surface area contributed by atoms with E-state index in [9.17, 15) is 4.39 Å². The van der Waals surface area contributed by atoms with Gasteiger partial charge in [0.05, 0.1) is 11.3 Å². The fourth-order valence-electron chi connectivity index (χ4n) is 2.26. The molecule has 0 atom stereocenters. The second-order valence-corrected chi connectivity index (χ2v) is 4.69. The SMILES string of the molecule is Cc1cc(-c2[nH]nc(N)c2-c2ccccc2)ccc1F. The molecular weight excluding hydrogens is 253 g/mol. The summed E-state index contributed by atoms with van der Waals surface area (Å²) in [5.74, 6) is 0.218. The number of halogens is 1. The third-order valence-electron chi connectivity index (χ3n) is 3.30. The van der Waals surface area contributed by atoms with E-state index >= 15 is 0 Å². The molecule has 0 aliphatic heterocycles. The summed E-state index contributed by atoms with van der Waals surface area (Å²) in [4.78, 5) is 0. The second-order valence-electron chi connectivity index (χ2n) is 4.69. The van der Waals surface area contributed by atoms with Gasteiger partial charge in [-0.05, 0) is 36.2 Å². The van der Waals surface area contributed by atoms with Crippen molar-refractivity contribution in [3.05, 3.63) is 59.9 Å². The van der Waals surface area contributed by atoms with Gasteiger partial charge in [-0.25, -0.2) is 4.39 Å². The minimum atomic E-state index is -0.220. The topological polar surface area (TPSA) is 54.7 Å². The molecule has 0 aliphatic carbocycles. The zero-order chi connectivity index (χ0) is 14.1. The van der Waals surface area contributed by atoms with Crippen LogP contribution in [0.2, 0.25) is 0 Å². The maximum atomic E-state index is 13.4. The van der Waals surface area contributed by atoms with Crippen LogP contribution in [0.4, 0.5) is 10.2 Å². The zero-order valence-corrected chi connectivity index (χ0v) is 11.0. The van der Waals surface area contributed by atoms with Gasteiger partial charge in [0.25, 0.3) is 0 Å². The number of nitrogens with two attached hydrogens (primary N) is 1. The van der Waals surface area contributed by atoms with E-state index in [0.717, 1.165) is 22.4 Å². The minimum Gasteiger partial charge on any atom is -0.382 e. The Labute approximate surface area is 116 Å². The molecule has 20 heavy (non-hydrogen) atoms. The van der Waals surface area contributed by atoms with Gasteiger partial charge in [0.1, 0.15) is 5.82 Å². The summed E-state index contributed by atoms with van der Waals surface area (Å²) in [7, 11) is 0. The van der Waals surface area contributed by atoms with Crippen LogP contribution in [0.3, 0.4) is 0 Å². The van der Waals surface area contributed by atoms with Crippen LogP contribution in [0.15, 0.2) is 48.5 Å². The number of H-pyrrole nitrogens is 1. The van der Waals surface area contributed by atoms with E-state index in [4.69, 9.17) is 5.73 Å². The highest BCUT2D eigenvalue weighted by Gasteiger charge is 2.15. The number of aryl methyl sites for hydroxylation is 1. The van der Waals surface area contributed by atoms with E-state index < -0.39 is 0 Å². The number of nitrogen functional groups attached to an aromatic ring is 1. The van der Waals surface area contributed by atoms with Gasteiger partial charge in [-0.3, -0.25) is 5.10 Å². The normalized spacial score (nSPS) is 10.7. The highest BCUT2D eigenvalue weighted by molar-refractivity contribution is 5.87. The van der Waals surface area contributed by atoms with E-state index in [-0.39, 0.29) is 5.82 Å².